The lowest BCUT2D eigenvalue weighted by molar-refractivity contribution is 0.443. The average Bonchev–Trinajstić information content (AvgIpc) is 2.75. The van der Waals surface area contributed by atoms with Crippen LogP contribution in [0.1, 0.15) is 18.7 Å². The lowest BCUT2D eigenvalue weighted by atomic mass is 10.1. The molecule has 2 rings (SSSR count). The molecule has 1 aromatic carbocycles. The Labute approximate surface area is 95.8 Å². The van der Waals surface area contributed by atoms with Crippen LogP contribution in [0, 0.1) is 17.5 Å². The molecule has 1 atom stereocenters. The maximum absolute atomic E-state index is 13.5. The zero-order valence-electron chi connectivity index (χ0n) is 9.01. The smallest absolute Gasteiger partial charge is 0.195 e. The van der Waals surface area contributed by atoms with Crippen LogP contribution in [0.3, 0.4) is 0 Å². The molecule has 1 heterocycles. The van der Waals surface area contributed by atoms with E-state index in [0.29, 0.717) is 5.76 Å². The first-order chi connectivity index (χ1) is 8.00. The maximum atomic E-state index is 13.5. The van der Waals surface area contributed by atoms with Gasteiger partial charge in [-0.05, 0) is 31.2 Å². The Morgan fingerprint density at radius 1 is 1.06 bits per heavy atom. The number of hydrogen-bond donors (Lipinski definition) is 1. The summed E-state index contributed by atoms with van der Waals surface area (Å²) in [6, 6.07) is 4.66. The second-order valence-electron chi connectivity index (χ2n) is 3.71. The van der Waals surface area contributed by atoms with Crippen LogP contribution in [0.5, 0.6) is 0 Å². The molecule has 0 amide bonds. The third kappa shape index (κ3) is 2.06. The van der Waals surface area contributed by atoms with Crippen molar-refractivity contribution in [3.63, 3.8) is 0 Å². The van der Waals surface area contributed by atoms with Crippen LogP contribution in [0.25, 0.3) is 11.3 Å². The summed E-state index contributed by atoms with van der Waals surface area (Å²) in [7, 11) is 0. The molecule has 0 aliphatic rings. The van der Waals surface area contributed by atoms with E-state index in [2.05, 4.69) is 0 Å². The van der Waals surface area contributed by atoms with Gasteiger partial charge >= 0.3 is 0 Å². The fourth-order valence-corrected chi connectivity index (χ4v) is 1.46. The molecular formula is C12H10F3NO. The highest BCUT2D eigenvalue weighted by Crippen LogP contribution is 2.28. The third-order valence-electron chi connectivity index (χ3n) is 2.38. The Morgan fingerprint density at radius 3 is 2.35 bits per heavy atom. The van der Waals surface area contributed by atoms with Gasteiger partial charge in [0.05, 0.1) is 11.6 Å². The van der Waals surface area contributed by atoms with Crippen molar-refractivity contribution < 1.29 is 17.6 Å². The van der Waals surface area contributed by atoms with Gasteiger partial charge in [-0.2, -0.15) is 0 Å². The Morgan fingerprint density at radius 2 is 1.76 bits per heavy atom. The monoisotopic (exact) mass is 241 g/mol. The second kappa shape index (κ2) is 4.25. The summed E-state index contributed by atoms with van der Waals surface area (Å²) < 4.78 is 44.5. The molecule has 1 unspecified atom stereocenters. The van der Waals surface area contributed by atoms with Gasteiger partial charge in [0, 0.05) is 0 Å². The van der Waals surface area contributed by atoms with E-state index in [9.17, 15) is 13.2 Å². The van der Waals surface area contributed by atoms with Gasteiger partial charge in [0.25, 0.3) is 0 Å². The minimum Gasteiger partial charge on any atom is -0.459 e. The van der Waals surface area contributed by atoms with Crippen molar-refractivity contribution in [2.75, 3.05) is 0 Å². The van der Waals surface area contributed by atoms with Crippen LogP contribution >= 0.6 is 0 Å². The molecule has 0 spiro atoms. The maximum Gasteiger partial charge on any atom is 0.195 e. The number of rotatable bonds is 2. The molecule has 90 valence electrons. The van der Waals surface area contributed by atoms with Gasteiger partial charge in [-0.15, -0.1) is 0 Å². The number of halogens is 3. The molecule has 2 N–H and O–H groups in total. The van der Waals surface area contributed by atoms with Gasteiger partial charge in [0.2, 0.25) is 0 Å². The molecule has 0 aliphatic carbocycles. The van der Waals surface area contributed by atoms with Crippen LogP contribution < -0.4 is 5.73 Å². The third-order valence-corrected chi connectivity index (χ3v) is 2.38. The Hall–Kier alpha value is -1.75. The van der Waals surface area contributed by atoms with Gasteiger partial charge in [-0.3, -0.25) is 0 Å². The summed E-state index contributed by atoms with van der Waals surface area (Å²) >= 11 is 0. The summed E-state index contributed by atoms with van der Waals surface area (Å²) in [5.74, 6) is -3.44. The minimum absolute atomic E-state index is 0.119. The summed E-state index contributed by atoms with van der Waals surface area (Å²) in [5.41, 5.74) is 5.45. The fourth-order valence-electron chi connectivity index (χ4n) is 1.46. The van der Waals surface area contributed by atoms with E-state index in [1.54, 1.807) is 13.0 Å². The average molecular weight is 241 g/mol. The summed E-state index contributed by atoms with van der Waals surface area (Å²) in [4.78, 5) is 0. The fraction of sp³-hybridized carbons (Fsp3) is 0.167. The van der Waals surface area contributed by atoms with Crippen molar-refractivity contribution >= 4 is 0 Å². The first-order valence-electron chi connectivity index (χ1n) is 5.00. The molecule has 17 heavy (non-hydrogen) atoms. The van der Waals surface area contributed by atoms with Gasteiger partial charge in [0.1, 0.15) is 11.5 Å². The second-order valence-corrected chi connectivity index (χ2v) is 3.71. The number of nitrogens with two attached hydrogens (primary N) is 1. The zero-order chi connectivity index (χ0) is 12.6. The predicted molar refractivity (Wildman–Crippen MR) is 56.6 cm³/mol. The molecule has 2 nitrogen and oxygen atoms in total. The molecule has 0 bridgehead atoms. The lowest BCUT2D eigenvalue weighted by Crippen LogP contribution is -2.02. The van der Waals surface area contributed by atoms with Crippen LogP contribution in [0.15, 0.2) is 28.7 Å². The van der Waals surface area contributed by atoms with Crippen LogP contribution in [-0.2, 0) is 0 Å². The highest BCUT2D eigenvalue weighted by atomic mass is 19.2. The van der Waals surface area contributed by atoms with Crippen molar-refractivity contribution in [3.8, 4) is 11.3 Å². The minimum atomic E-state index is -1.51. The summed E-state index contributed by atoms with van der Waals surface area (Å²) in [5, 5.41) is 0. The van der Waals surface area contributed by atoms with Gasteiger partial charge in [-0.1, -0.05) is 0 Å². The standard InChI is InChI=1S/C12H10F3NO/c1-6(16)9-4-5-10(17-9)7-2-3-8(13)12(15)11(7)14/h2-6H,16H2,1H3. The van der Waals surface area contributed by atoms with Gasteiger partial charge in [0.15, 0.2) is 17.5 Å². The van der Waals surface area contributed by atoms with Crippen LogP contribution in [0.2, 0.25) is 0 Å². The predicted octanol–water partition coefficient (Wildman–Crippen LogP) is 3.38. The van der Waals surface area contributed by atoms with E-state index in [1.807, 2.05) is 0 Å². The van der Waals surface area contributed by atoms with E-state index >= 15 is 0 Å². The van der Waals surface area contributed by atoms with Crippen molar-refractivity contribution in [2.45, 2.75) is 13.0 Å². The quantitative estimate of drug-likeness (QED) is 0.818. The molecule has 0 saturated carbocycles. The van der Waals surface area contributed by atoms with E-state index < -0.39 is 17.5 Å². The molecule has 1 aromatic heterocycles. The zero-order valence-corrected chi connectivity index (χ0v) is 9.01. The Kier molecular flexibility index (Phi) is 2.93. The van der Waals surface area contributed by atoms with Crippen molar-refractivity contribution in [3.05, 3.63) is 47.5 Å². The van der Waals surface area contributed by atoms with Crippen LogP contribution in [-0.4, -0.2) is 0 Å². The first-order valence-corrected chi connectivity index (χ1v) is 5.00. The summed E-state index contributed by atoms with van der Waals surface area (Å²) in [6.45, 7) is 1.70. The number of benzene rings is 1. The van der Waals surface area contributed by atoms with E-state index in [1.165, 1.54) is 6.07 Å². The Balaban J connectivity index is 2.49. The highest BCUT2D eigenvalue weighted by molar-refractivity contribution is 5.58. The largest absolute Gasteiger partial charge is 0.459 e. The number of furan rings is 1. The Bertz CT molecular complexity index is 549. The van der Waals surface area contributed by atoms with Gasteiger partial charge < -0.3 is 10.2 Å². The molecular weight excluding hydrogens is 231 g/mol. The lowest BCUT2D eigenvalue weighted by Gasteiger charge is -2.02. The number of hydrogen-bond acceptors (Lipinski definition) is 2. The molecule has 5 heteroatoms. The molecule has 2 aromatic rings. The van der Waals surface area contributed by atoms with Crippen LogP contribution in [0.4, 0.5) is 13.2 Å². The van der Waals surface area contributed by atoms with Crippen molar-refractivity contribution in [1.29, 1.82) is 0 Å². The van der Waals surface area contributed by atoms with E-state index in [-0.39, 0.29) is 17.4 Å². The summed E-state index contributed by atoms with van der Waals surface area (Å²) in [6.07, 6.45) is 0. The van der Waals surface area contributed by atoms with E-state index in [0.717, 1.165) is 12.1 Å². The molecule has 0 saturated heterocycles. The van der Waals surface area contributed by atoms with Crippen molar-refractivity contribution in [1.82, 2.24) is 0 Å². The molecule has 0 radical (unpaired) electrons. The van der Waals surface area contributed by atoms with E-state index in [4.69, 9.17) is 10.2 Å². The topological polar surface area (TPSA) is 39.2 Å². The first kappa shape index (κ1) is 11.7. The molecule has 0 fully saturated rings. The van der Waals surface area contributed by atoms with Gasteiger partial charge in [-0.25, -0.2) is 13.2 Å². The molecule has 0 aliphatic heterocycles. The highest BCUT2D eigenvalue weighted by Gasteiger charge is 2.17. The van der Waals surface area contributed by atoms with Crippen molar-refractivity contribution in [2.24, 2.45) is 5.73 Å². The normalized spacial score (nSPS) is 12.8. The SMILES string of the molecule is CC(N)c1ccc(-c2ccc(F)c(F)c2F)o1.